The van der Waals surface area contributed by atoms with Gasteiger partial charge in [0.2, 0.25) is 5.69 Å². The molecule has 5 rings (SSSR count). The fourth-order valence-electron chi connectivity index (χ4n) is 4.08. The average Bonchev–Trinajstić information content (AvgIpc) is 3.04. The summed E-state index contributed by atoms with van der Waals surface area (Å²) in [5, 5.41) is 2.12. The molecule has 0 atom stereocenters. The number of pyridine rings is 1. The van der Waals surface area contributed by atoms with Crippen LogP contribution in [0.4, 0.5) is 8.78 Å². The molecule has 0 aliphatic carbocycles. The van der Waals surface area contributed by atoms with Gasteiger partial charge in [-0.3, -0.25) is 0 Å². The van der Waals surface area contributed by atoms with Gasteiger partial charge in [-0.05, 0) is 36.4 Å². The van der Waals surface area contributed by atoms with E-state index in [0.29, 0.717) is 32.7 Å². The van der Waals surface area contributed by atoms with Gasteiger partial charge in [0.1, 0.15) is 24.3 Å². The molecule has 0 aliphatic rings. The molecule has 4 heteroatoms. The Morgan fingerprint density at radius 1 is 0.857 bits per heavy atom. The second-order valence-corrected chi connectivity index (χ2v) is 7.33. The Labute approximate surface area is 160 Å². The second-order valence-electron chi connectivity index (χ2n) is 7.33. The highest BCUT2D eigenvalue weighted by Crippen LogP contribution is 2.42. The van der Waals surface area contributed by atoms with E-state index in [0.717, 1.165) is 22.4 Å². The fourth-order valence-corrected chi connectivity index (χ4v) is 4.08. The summed E-state index contributed by atoms with van der Waals surface area (Å²) in [6, 6.07) is 14.1. The molecule has 0 saturated heterocycles. The van der Waals surface area contributed by atoms with Crippen LogP contribution >= 0.6 is 0 Å². The number of rotatable bonds is 1. The number of halogens is 2. The van der Waals surface area contributed by atoms with E-state index in [1.807, 2.05) is 49.9 Å². The van der Waals surface area contributed by atoms with Crippen LogP contribution in [0.25, 0.3) is 44.0 Å². The van der Waals surface area contributed by atoms with E-state index in [9.17, 15) is 4.39 Å². The van der Waals surface area contributed by atoms with Crippen molar-refractivity contribution in [2.45, 2.75) is 13.8 Å². The SMILES string of the molecule is Cc1cc[n+](C)c(-c2c(C)cc(F)c3c2oc2cc(F)c4ccccc4c23)c1. The third-order valence-electron chi connectivity index (χ3n) is 5.41. The molecule has 0 bridgehead atoms. The number of hydrogen-bond acceptors (Lipinski definition) is 1. The Morgan fingerprint density at radius 3 is 2.39 bits per heavy atom. The van der Waals surface area contributed by atoms with Crippen LogP contribution < -0.4 is 4.57 Å². The van der Waals surface area contributed by atoms with Crippen LogP contribution in [0.1, 0.15) is 11.1 Å². The van der Waals surface area contributed by atoms with E-state index >= 15 is 4.39 Å². The van der Waals surface area contributed by atoms with Crippen LogP contribution in [0.15, 0.2) is 59.1 Å². The number of aryl methyl sites for hydroxylation is 3. The summed E-state index contributed by atoms with van der Waals surface area (Å²) in [5.74, 6) is -0.732. The predicted octanol–water partition coefficient (Wildman–Crippen LogP) is 6.13. The van der Waals surface area contributed by atoms with Crippen LogP contribution in [0.2, 0.25) is 0 Å². The smallest absolute Gasteiger partial charge is 0.216 e. The number of hydrogen-bond donors (Lipinski definition) is 0. The zero-order valence-corrected chi connectivity index (χ0v) is 15.8. The van der Waals surface area contributed by atoms with Crippen molar-refractivity contribution in [2.24, 2.45) is 7.05 Å². The first-order valence-corrected chi connectivity index (χ1v) is 9.15. The summed E-state index contributed by atoms with van der Waals surface area (Å²) in [4.78, 5) is 0. The lowest BCUT2D eigenvalue weighted by Gasteiger charge is -2.07. The van der Waals surface area contributed by atoms with E-state index in [1.54, 1.807) is 18.2 Å². The van der Waals surface area contributed by atoms with Crippen molar-refractivity contribution < 1.29 is 17.8 Å². The van der Waals surface area contributed by atoms with Gasteiger partial charge in [-0.15, -0.1) is 0 Å². The summed E-state index contributed by atoms with van der Waals surface area (Å²) in [6.07, 6.45) is 1.97. The van der Waals surface area contributed by atoms with Crippen molar-refractivity contribution in [2.75, 3.05) is 0 Å². The molecule has 0 radical (unpaired) electrons. The molecule has 28 heavy (non-hydrogen) atoms. The fraction of sp³-hybridized carbons (Fsp3) is 0.125. The largest absolute Gasteiger partial charge is 0.455 e. The van der Waals surface area contributed by atoms with Crippen LogP contribution in [0.3, 0.4) is 0 Å². The highest BCUT2D eigenvalue weighted by molar-refractivity contribution is 6.21. The molecule has 0 spiro atoms. The highest BCUT2D eigenvalue weighted by atomic mass is 19.1. The Balaban J connectivity index is 2.03. The van der Waals surface area contributed by atoms with Gasteiger partial charge in [-0.25, -0.2) is 13.3 Å². The quantitative estimate of drug-likeness (QED) is 0.323. The zero-order valence-electron chi connectivity index (χ0n) is 15.8. The van der Waals surface area contributed by atoms with E-state index in [-0.39, 0.29) is 11.6 Å². The van der Waals surface area contributed by atoms with Crippen molar-refractivity contribution in [3.8, 4) is 11.3 Å². The lowest BCUT2D eigenvalue weighted by Crippen LogP contribution is -2.30. The summed E-state index contributed by atoms with van der Waals surface area (Å²) in [6.45, 7) is 3.88. The van der Waals surface area contributed by atoms with E-state index in [1.165, 1.54) is 12.1 Å². The van der Waals surface area contributed by atoms with Crippen molar-refractivity contribution in [3.05, 3.63) is 77.5 Å². The van der Waals surface area contributed by atoms with Crippen molar-refractivity contribution in [3.63, 3.8) is 0 Å². The van der Waals surface area contributed by atoms with Gasteiger partial charge in [-0.1, -0.05) is 24.3 Å². The van der Waals surface area contributed by atoms with Gasteiger partial charge in [0, 0.05) is 29.0 Å². The lowest BCUT2D eigenvalue weighted by atomic mass is 9.97. The molecular weight excluding hydrogens is 356 g/mol. The molecule has 3 aromatic carbocycles. The summed E-state index contributed by atoms with van der Waals surface area (Å²) in [5.41, 5.74) is 4.42. The molecule has 0 N–H and O–H groups in total. The molecule has 0 amide bonds. The van der Waals surface area contributed by atoms with Crippen LogP contribution in [0, 0.1) is 25.5 Å². The first-order valence-electron chi connectivity index (χ1n) is 9.15. The third kappa shape index (κ3) is 2.27. The second kappa shape index (κ2) is 5.86. The monoisotopic (exact) mass is 374 g/mol. The van der Waals surface area contributed by atoms with Crippen LogP contribution in [0.5, 0.6) is 0 Å². The van der Waals surface area contributed by atoms with Crippen LogP contribution in [-0.2, 0) is 7.05 Å². The number of aromatic nitrogens is 1. The molecular formula is C24H18F2NO+. The molecule has 0 saturated carbocycles. The van der Waals surface area contributed by atoms with Gasteiger partial charge >= 0.3 is 0 Å². The topological polar surface area (TPSA) is 17.0 Å². The molecule has 2 nitrogen and oxygen atoms in total. The minimum atomic E-state index is -0.373. The summed E-state index contributed by atoms with van der Waals surface area (Å²) < 4.78 is 37.8. The normalized spacial score (nSPS) is 11.8. The Bertz CT molecular complexity index is 1420. The summed E-state index contributed by atoms with van der Waals surface area (Å²) >= 11 is 0. The lowest BCUT2D eigenvalue weighted by molar-refractivity contribution is -0.660. The van der Waals surface area contributed by atoms with E-state index in [4.69, 9.17) is 4.42 Å². The molecule has 0 aliphatic heterocycles. The van der Waals surface area contributed by atoms with Crippen molar-refractivity contribution in [1.29, 1.82) is 0 Å². The van der Waals surface area contributed by atoms with Gasteiger partial charge < -0.3 is 4.42 Å². The average molecular weight is 374 g/mol. The molecule has 0 fully saturated rings. The number of fused-ring (bicyclic) bond motifs is 5. The maximum Gasteiger partial charge on any atom is 0.216 e. The maximum atomic E-state index is 15.2. The predicted molar refractivity (Wildman–Crippen MR) is 107 cm³/mol. The minimum absolute atomic E-state index is 0.354. The van der Waals surface area contributed by atoms with Gasteiger partial charge in [0.05, 0.1) is 10.9 Å². The molecule has 2 aromatic heterocycles. The zero-order chi connectivity index (χ0) is 19.6. The Kier molecular flexibility index (Phi) is 3.53. The third-order valence-corrected chi connectivity index (χ3v) is 5.41. The van der Waals surface area contributed by atoms with Crippen molar-refractivity contribution >= 4 is 32.7 Å². The summed E-state index contributed by atoms with van der Waals surface area (Å²) in [7, 11) is 1.95. The molecule has 138 valence electrons. The number of benzene rings is 3. The maximum absolute atomic E-state index is 15.2. The highest BCUT2D eigenvalue weighted by Gasteiger charge is 2.25. The van der Waals surface area contributed by atoms with E-state index < -0.39 is 0 Å². The standard InChI is InChI=1S/C24H18F2NO/c1-13-8-9-27(3)19(10-13)21-14(2)11-18(26)23-22-16-7-5-4-6-15(16)17(25)12-20(22)28-24(21)23/h4-12H,1-3H3/q+1. The Hall–Kier alpha value is -3.27. The number of nitrogens with zero attached hydrogens (tertiary/aromatic N) is 1. The van der Waals surface area contributed by atoms with Gasteiger partial charge in [0.25, 0.3) is 0 Å². The first kappa shape index (κ1) is 16.9. The van der Waals surface area contributed by atoms with Crippen molar-refractivity contribution in [1.82, 2.24) is 0 Å². The molecule has 5 aromatic rings. The number of furan rings is 1. The molecule has 2 heterocycles. The van der Waals surface area contributed by atoms with Crippen LogP contribution in [-0.4, -0.2) is 0 Å². The molecule has 0 unspecified atom stereocenters. The Morgan fingerprint density at radius 2 is 1.61 bits per heavy atom. The van der Waals surface area contributed by atoms with Gasteiger partial charge in [-0.2, -0.15) is 0 Å². The first-order chi connectivity index (χ1) is 13.5. The van der Waals surface area contributed by atoms with Gasteiger partial charge in [0.15, 0.2) is 11.8 Å². The van der Waals surface area contributed by atoms with E-state index in [2.05, 4.69) is 0 Å². The minimum Gasteiger partial charge on any atom is -0.455 e.